The van der Waals surface area contributed by atoms with Crippen molar-refractivity contribution in [1.82, 2.24) is 20.1 Å². The lowest BCUT2D eigenvalue weighted by atomic mass is 10.2. The smallest absolute Gasteiger partial charge is 0.383 e. The lowest BCUT2D eigenvalue weighted by Gasteiger charge is -2.09. The van der Waals surface area contributed by atoms with Gasteiger partial charge in [0.1, 0.15) is 0 Å². The Morgan fingerprint density at radius 3 is 2.86 bits per heavy atom. The fourth-order valence-corrected chi connectivity index (χ4v) is 1.76. The molecule has 0 aliphatic heterocycles. The van der Waals surface area contributed by atoms with Gasteiger partial charge in [0, 0.05) is 38.2 Å². The number of hydrogen-bond acceptors (Lipinski definition) is 4. The minimum Gasteiger partial charge on any atom is -0.383 e. The molecule has 0 amide bonds. The highest BCUT2D eigenvalue weighted by atomic mass is 19.4. The van der Waals surface area contributed by atoms with Crippen LogP contribution in [0.5, 0.6) is 0 Å². The van der Waals surface area contributed by atoms with Gasteiger partial charge in [-0.2, -0.15) is 18.3 Å². The summed E-state index contributed by atoms with van der Waals surface area (Å²) in [6, 6.07) is 3.52. The number of nitrogens with zero attached hydrogens (tertiary/aromatic N) is 3. The summed E-state index contributed by atoms with van der Waals surface area (Å²) in [5, 5.41) is 6.86. The molecule has 2 heterocycles. The van der Waals surface area contributed by atoms with Gasteiger partial charge < -0.3 is 10.1 Å². The van der Waals surface area contributed by atoms with Crippen LogP contribution >= 0.6 is 0 Å². The number of hydrogen-bond donors (Lipinski definition) is 1. The van der Waals surface area contributed by atoms with Crippen molar-refractivity contribution < 1.29 is 17.9 Å². The van der Waals surface area contributed by atoms with Gasteiger partial charge in [-0.25, -0.2) is 9.67 Å². The number of alkyl halides is 3. The van der Waals surface area contributed by atoms with E-state index in [1.54, 1.807) is 19.2 Å². The molecule has 0 saturated heterocycles. The van der Waals surface area contributed by atoms with E-state index in [4.69, 9.17) is 4.74 Å². The summed E-state index contributed by atoms with van der Waals surface area (Å²) in [6.45, 7) is 1.65. The average molecular weight is 300 g/mol. The highest BCUT2D eigenvalue weighted by Gasteiger charge is 2.32. The first-order valence-electron chi connectivity index (χ1n) is 6.28. The van der Waals surface area contributed by atoms with Crippen LogP contribution in [0.3, 0.4) is 0 Å². The standard InChI is InChI=1S/C13H15F3N4O/c1-21-6-5-17-7-10-3-2-4-18-12(10)20-9-11(8-19-20)13(14,15)16/h2-4,8-9,17H,5-7H2,1H3. The predicted octanol–water partition coefficient (Wildman–Crippen LogP) is 2.02. The Morgan fingerprint density at radius 1 is 1.38 bits per heavy atom. The molecule has 5 nitrogen and oxygen atoms in total. The highest BCUT2D eigenvalue weighted by Crippen LogP contribution is 2.29. The van der Waals surface area contributed by atoms with Gasteiger partial charge in [0.25, 0.3) is 0 Å². The van der Waals surface area contributed by atoms with Crippen LogP contribution in [-0.2, 0) is 17.5 Å². The average Bonchev–Trinajstić information content (AvgIpc) is 2.94. The van der Waals surface area contributed by atoms with Gasteiger partial charge in [0.05, 0.1) is 18.4 Å². The monoisotopic (exact) mass is 300 g/mol. The van der Waals surface area contributed by atoms with Crippen LogP contribution in [-0.4, -0.2) is 35.0 Å². The minimum atomic E-state index is -4.41. The van der Waals surface area contributed by atoms with Crippen LogP contribution in [0, 0.1) is 0 Å². The zero-order valence-corrected chi connectivity index (χ0v) is 11.4. The molecule has 0 aliphatic rings. The van der Waals surface area contributed by atoms with E-state index in [1.165, 1.54) is 6.20 Å². The molecule has 8 heteroatoms. The van der Waals surface area contributed by atoms with Crippen LogP contribution in [0.25, 0.3) is 5.82 Å². The van der Waals surface area contributed by atoms with Gasteiger partial charge in [0.15, 0.2) is 5.82 Å². The molecule has 0 bridgehead atoms. The van der Waals surface area contributed by atoms with E-state index >= 15 is 0 Å². The first-order valence-corrected chi connectivity index (χ1v) is 6.28. The lowest BCUT2D eigenvalue weighted by Crippen LogP contribution is -2.20. The summed E-state index contributed by atoms with van der Waals surface area (Å²) in [7, 11) is 1.60. The SMILES string of the molecule is COCCNCc1cccnc1-n1cc(C(F)(F)F)cn1. The van der Waals surface area contributed by atoms with Crippen LogP contribution in [0.15, 0.2) is 30.7 Å². The molecule has 0 saturated carbocycles. The molecular formula is C13H15F3N4O. The van der Waals surface area contributed by atoms with Crippen molar-refractivity contribution in [2.45, 2.75) is 12.7 Å². The number of rotatable bonds is 6. The van der Waals surface area contributed by atoms with Gasteiger partial charge in [-0.05, 0) is 6.07 Å². The van der Waals surface area contributed by atoms with Crippen molar-refractivity contribution >= 4 is 0 Å². The van der Waals surface area contributed by atoms with Gasteiger partial charge in [-0.15, -0.1) is 0 Å². The summed E-state index contributed by atoms with van der Waals surface area (Å²) in [5.74, 6) is 0.373. The Morgan fingerprint density at radius 2 is 2.19 bits per heavy atom. The maximum absolute atomic E-state index is 12.6. The molecule has 21 heavy (non-hydrogen) atoms. The molecule has 0 aromatic carbocycles. The Balaban J connectivity index is 2.17. The fraction of sp³-hybridized carbons (Fsp3) is 0.385. The van der Waals surface area contributed by atoms with Gasteiger partial charge in [-0.3, -0.25) is 0 Å². The summed E-state index contributed by atoms with van der Waals surface area (Å²) in [5.41, 5.74) is -0.0446. The number of aromatic nitrogens is 3. The topological polar surface area (TPSA) is 52.0 Å². The summed E-state index contributed by atoms with van der Waals surface area (Å²) >= 11 is 0. The van der Waals surface area contributed by atoms with E-state index in [2.05, 4.69) is 15.4 Å². The molecule has 0 unspecified atom stereocenters. The molecule has 2 aromatic heterocycles. The number of nitrogens with one attached hydrogen (secondary N) is 1. The van der Waals surface area contributed by atoms with Crippen LogP contribution in [0.4, 0.5) is 13.2 Å². The lowest BCUT2D eigenvalue weighted by molar-refractivity contribution is -0.137. The second kappa shape index (κ2) is 6.68. The van der Waals surface area contributed by atoms with E-state index in [0.29, 0.717) is 25.5 Å². The fourth-order valence-electron chi connectivity index (χ4n) is 1.76. The van der Waals surface area contributed by atoms with E-state index in [1.807, 2.05) is 0 Å². The molecule has 1 N–H and O–H groups in total. The van der Waals surface area contributed by atoms with E-state index in [-0.39, 0.29) is 0 Å². The van der Waals surface area contributed by atoms with Crippen LogP contribution in [0.1, 0.15) is 11.1 Å². The van der Waals surface area contributed by atoms with Crippen LogP contribution in [0.2, 0.25) is 0 Å². The second-order valence-corrected chi connectivity index (χ2v) is 4.33. The maximum atomic E-state index is 12.6. The maximum Gasteiger partial charge on any atom is 0.419 e. The molecule has 114 valence electrons. The zero-order chi connectivity index (χ0) is 15.3. The Bertz CT molecular complexity index is 583. The Kier molecular flexibility index (Phi) is 4.92. The highest BCUT2D eigenvalue weighted by molar-refractivity contribution is 5.33. The molecule has 0 spiro atoms. The van der Waals surface area contributed by atoms with Gasteiger partial charge in [-0.1, -0.05) is 6.07 Å². The number of halogens is 3. The zero-order valence-electron chi connectivity index (χ0n) is 11.4. The molecule has 0 aliphatic carbocycles. The first kappa shape index (κ1) is 15.5. The minimum absolute atomic E-state index is 0.373. The molecule has 2 rings (SSSR count). The van der Waals surface area contributed by atoms with Gasteiger partial charge in [0.2, 0.25) is 0 Å². The van der Waals surface area contributed by atoms with E-state index in [9.17, 15) is 13.2 Å². The van der Waals surface area contributed by atoms with Crippen molar-refractivity contribution in [3.8, 4) is 5.82 Å². The Hall–Kier alpha value is -1.93. The normalized spacial score (nSPS) is 11.8. The quantitative estimate of drug-likeness (QED) is 0.829. The Labute approximate surface area is 119 Å². The molecule has 0 radical (unpaired) electrons. The van der Waals surface area contributed by atoms with Gasteiger partial charge >= 0.3 is 6.18 Å². The first-order chi connectivity index (χ1) is 10.0. The van der Waals surface area contributed by atoms with Crippen molar-refractivity contribution in [1.29, 1.82) is 0 Å². The van der Waals surface area contributed by atoms with Crippen molar-refractivity contribution in [3.05, 3.63) is 41.9 Å². The number of ether oxygens (including phenoxy) is 1. The summed E-state index contributed by atoms with van der Waals surface area (Å²) in [4.78, 5) is 4.11. The third-order valence-electron chi connectivity index (χ3n) is 2.79. The predicted molar refractivity (Wildman–Crippen MR) is 69.9 cm³/mol. The van der Waals surface area contributed by atoms with Crippen molar-refractivity contribution in [2.24, 2.45) is 0 Å². The van der Waals surface area contributed by atoms with E-state index in [0.717, 1.165) is 22.6 Å². The second-order valence-electron chi connectivity index (χ2n) is 4.33. The molecular weight excluding hydrogens is 285 g/mol. The molecule has 2 aromatic rings. The van der Waals surface area contributed by atoms with Crippen molar-refractivity contribution in [2.75, 3.05) is 20.3 Å². The number of methoxy groups -OCH3 is 1. The summed E-state index contributed by atoms with van der Waals surface area (Å²) in [6.07, 6.45) is -1.18. The largest absolute Gasteiger partial charge is 0.419 e. The van der Waals surface area contributed by atoms with E-state index < -0.39 is 11.7 Å². The van der Waals surface area contributed by atoms with Crippen molar-refractivity contribution in [3.63, 3.8) is 0 Å². The summed E-state index contributed by atoms with van der Waals surface area (Å²) < 4.78 is 43.9. The third kappa shape index (κ3) is 4.02. The third-order valence-corrected chi connectivity index (χ3v) is 2.79. The molecule has 0 atom stereocenters. The molecule has 0 fully saturated rings. The van der Waals surface area contributed by atoms with Crippen LogP contribution < -0.4 is 5.32 Å². The number of pyridine rings is 1.